The number of hydrogen-bond acceptors (Lipinski definition) is 12. The van der Waals surface area contributed by atoms with Gasteiger partial charge in [-0.2, -0.15) is 12.8 Å². The lowest BCUT2D eigenvalue weighted by molar-refractivity contribution is -0.148. The van der Waals surface area contributed by atoms with Crippen LogP contribution in [0.2, 0.25) is 0 Å². The summed E-state index contributed by atoms with van der Waals surface area (Å²) in [7, 11) is -4.07. The van der Waals surface area contributed by atoms with E-state index in [-0.39, 0.29) is 40.8 Å². The number of hydrogen-bond donors (Lipinski definition) is 3. The van der Waals surface area contributed by atoms with Crippen LogP contribution in [0.3, 0.4) is 0 Å². The highest BCUT2D eigenvalue weighted by Gasteiger charge is 2.42. The van der Waals surface area contributed by atoms with Gasteiger partial charge in [0, 0.05) is 51.2 Å². The fourth-order valence-electron chi connectivity index (χ4n) is 4.73. The molecule has 0 unspecified atom stereocenters. The molecule has 13 nitrogen and oxygen atoms in total. The van der Waals surface area contributed by atoms with E-state index < -0.39 is 46.2 Å². The van der Waals surface area contributed by atoms with Crippen molar-refractivity contribution in [1.29, 1.82) is 0 Å². The van der Waals surface area contributed by atoms with Crippen LogP contribution >= 0.6 is 11.3 Å². The number of amides is 1. The lowest BCUT2D eigenvalue weighted by Crippen LogP contribution is -2.24. The van der Waals surface area contributed by atoms with Gasteiger partial charge in [-0.1, -0.05) is 61.8 Å². The van der Waals surface area contributed by atoms with Crippen molar-refractivity contribution < 1.29 is 42.5 Å². The van der Waals surface area contributed by atoms with E-state index in [9.17, 15) is 33.0 Å². The van der Waals surface area contributed by atoms with E-state index in [0.29, 0.717) is 43.4 Å². The summed E-state index contributed by atoms with van der Waals surface area (Å²) in [5.74, 6) is -1.61. The maximum absolute atomic E-state index is 12.2. The number of aliphatic hydroxyl groups excluding tert-OH is 2. The zero-order valence-electron chi connectivity index (χ0n) is 25.5. The second kappa shape index (κ2) is 19.4. The van der Waals surface area contributed by atoms with Crippen LogP contribution in [0, 0.1) is 11.8 Å². The van der Waals surface area contributed by atoms with Crippen molar-refractivity contribution >= 4 is 50.6 Å². The average molecular weight is 657 g/mol. The Kier molecular flexibility index (Phi) is 16.4. The summed E-state index contributed by atoms with van der Waals surface area (Å²) in [6.07, 6.45) is 12.9. The maximum Gasteiger partial charge on any atom is 0.311 e. The van der Waals surface area contributed by atoms with Crippen molar-refractivity contribution in [3.63, 3.8) is 0 Å². The van der Waals surface area contributed by atoms with Crippen molar-refractivity contribution in [1.82, 2.24) is 10.2 Å². The molecule has 1 aromatic rings. The molecule has 0 bridgehead atoms. The number of aliphatic hydroxyl groups is 2. The van der Waals surface area contributed by atoms with Gasteiger partial charge < -0.3 is 25.0 Å². The van der Waals surface area contributed by atoms with Gasteiger partial charge in [-0.05, 0) is 25.7 Å². The van der Waals surface area contributed by atoms with Gasteiger partial charge in [0.2, 0.25) is 11.0 Å². The molecule has 5 atom stereocenters. The number of ether oxygens (including phenoxy) is 2. The fourth-order valence-corrected chi connectivity index (χ4v) is 6.58. The van der Waals surface area contributed by atoms with Crippen molar-refractivity contribution in [3.05, 3.63) is 24.3 Å². The number of aromatic nitrogens is 2. The van der Waals surface area contributed by atoms with Gasteiger partial charge in [0.25, 0.3) is 4.34 Å². The minimum absolute atomic E-state index is 0.0370. The molecule has 0 aromatic carbocycles. The van der Waals surface area contributed by atoms with Gasteiger partial charge in [0.15, 0.2) is 0 Å². The highest BCUT2D eigenvalue weighted by atomic mass is 32.2. The summed E-state index contributed by atoms with van der Waals surface area (Å²) in [6, 6.07) is 0. The molecule has 1 aromatic heterocycles. The highest BCUT2D eigenvalue weighted by Crippen LogP contribution is 2.38. The van der Waals surface area contributed by atoms with E-state index >= 15 is 0 Å². The Morgan fingerprint density at radius 1 is 1.16 bits per heavy atom. The molecule has 2 rings (SSSR count). The molecule has 3 N–H and O–H groups in total. The first-order valence-electron chi connectivity index (χ1n) is 14.8. The zero-order chi connectivity index (χ0) is 32.5. The minimum atomic E-state index is -4.07. The lowest BCUT2D eigenvalue weighted by atomic mass is 9.89. The van der Waals surface area contributed by atoms with Crippen LogP contribution in [0.15, 0.2) is 33.0 Å². The third-order valence-corrected chi connectivity index (χ3v) is 9.29. The number of nitrogens with one attached hydrogen (secondary N) is 1. The number of sulfonamides is 1. The summed E-state index contributed by atoms with van der Waals surface area (Å²) in [4.78, 5) is 34.7. The third kappa shape index (κ3) is 13.7. The molecular weight excluding hydrogens is 612 g/mol. The van der Waals surface area contributed by atoms with E-state index in [1.54, 1.807) is 6.08 Å². The molecule has 0 radical (unpaired) electrons. The van der Waals surface area contributed by atoms with Crippen LogP contribution in [0.4, 0.5) is 5.13 Å². The molecular formula is C29H44N4O9S2. The molecule has 1 saturated carbocycles. The zero-order valence-corrected chi connectivity index (χ0v) is 27.1. The minimum Gasteiger partial charge on any atom is -0.465 e. The molecule has 1 aliphatic carbocycles. The SMILES string of the molecule is CCCCC[C@H](O)/C=C/[C@@H]1[C@@H](C/C=C\CCCC(=O)OCCC=NS(=O)(=O)c2nnc(NC(C)=O)s2)[C@@H](OC(C)=O)C[C@H]1O. The fraction of sp³-hybridized carbons (Fsp3) is 0.655. The van der Waals surface area contributed by atoms with Crippen molar-refractivity contribution in [2.75, 3.05) is 11.9 Å². The van der Waals surface area contributed by atoms with E-state index in [2.05, 4.69) is 26.8 Å². The number of anilines is 1. The second-order valence-corrected chi connectivity index (χ2v) is 13.3. The first kappa shape index (κ1) is 37.2. The predicted octanol–water partition coefficient (Wildman–Crippen LogP) is 3.73. The summed E-state index contributed by atoms with van der Waals surface area (Å²) in [5.41, 5.74) is 0. The molecule has 0 aliphatic heterocycles. The number of carbonyl (C=O) groups excluding carboxylic acids is 3. The quantitative estimate of drug-likeness (QED) is 0.0645. The van der Waals surface area contributed by atoms with E-state index in [4.69, 9.17) is 9.47 Å². The Morgan fingerprint density at radius 3 is 2.64 bits per heavy atom. The van der Waals surface area contributed by atoms with Crippen LogP contribution in [0.1, 0.15) is 85.0 Å². The van der Waals surface area contributed by atoms with Crippen LogP contribution in [-0.2, 0) is 33.9 Å². The van der Waals surface area contributed by atoms with Crippen LogP contribution in [0.5, 0.6) is 0 Å². The normalized spacial score (nSPS) is 21.3. The predicted molar refractivity (Wildman–Crippen MR) is 166 cm³/mol. The third-order valence-electron chi connectivity index (χ3n) is 6.83. The second-order valence-electron chi connectivity index (χ2n) is 10.6. The Hall–Kier alpha value is -3.01. The van der Waals surface area contributed by atoms with Crippen LogP contribution in [-0.4, -0.2) is 77.8 Å². The molecule has 1 fully saturated rings. The van der Waals surface area contributed by atoms with Crippen LogP contribution < -0.4 is 5.32 Å². The van der Waals surface area contributed by atoms with E-state index in [1.807, 2.05) is 18.2 Å². The van der Waals surface area contributed by atoms with E-state index in [1.165, 1.54) is 13.8 Å². The lowest BCUT2D eigenvalue weighted by Gasteiger charge is -2.22. The monoisotopic (exact) mass is 656 g/mol. The number of esters is 2. The summed E-state index contributed by atoms with van der Waals surface area (Å²) in [5, 5.41) is 30.4. The van der Waals surface area contributed by atoms with Gasteiger partial charge in [0.05, 0.1) is 18.8 Å². The molecule has 1 amide bonds. The Morgan fingerprint density at radius 2 is 1.93 bits per heavy atom. The Labute approximate surface area is 262 Å². The Bertz CT molecular complexity index is 1260. The number of nitrogens with zero attached hydrogens (tertiary/aromatic N) is 3. The van der Waals surface area contributed by atoms with Crippen molar-refractivity contribution in [3.8, 4) is 0 Å². The molecule has 1 heterocycles. The highest BCUT2D eigenvalue weighted by molar-refractivity contribution is 7.92. The van der Waals surface area contributed by atoms with Crippen molar-refractivity contribution in [2.24, 2.45) is 16.2 Å². The Balaban J connectivity index is 1.74. The summed E-state index contributed by atoms with van der Waals surface area (Å²) < 4.78 is 38.1. The van der Waals surface area contributed by atoms with Gasteiger partial charge in [-0.3, -0.25) is 14.4 Å². The van der Waals surface area contributed by atoms with E-state index in [0.717, 1.165) is 25.5 Å². The van der Waals surface area contributed by atoms with Gasteiger partial charge in [0.1, 0.15) is 6.10 Å². The molecule has 15 heteroatoms. The number of allylic oxidation sites excluding steroid dienone is 2. The average Bonchev–Trinajstić information content (AvgIpc) is 3.52. The number of rotatable bonds is 19. The topological polar surface area (TPSA) is 194 Å². The number of carbonyl (C=O) groups is 3. The van der Waals surface area contributed by atoms with Gasteiger partial charge in [-0.15, -0.1) is 10.2 Å². The number of unbranched alkanes of at least 4 members (excludes halogenated alkanes) is 3. The van der Waals surface area contributed by atoms with Crippen molar-refractivity contribution in [2.45, 2.75) is 108 Å². The first-order valence-corrected chi connectivity index (χ1v) is 17.1. The largest absolute Gasteiger partial charge is 0.465 e. The summed E-state index contributed by atoms with van der Waals surface area (Å²) in [6.45, 7) is 4.67. The molecule has 246 valence electrons. The van der Waals surface area contributed by atoms with Crippen LogP contribution in [0.25, 0.3) is 0 Å². The maximum atomic E-state index is 12.2. The molecule has 0 spiro atoms. The van der Waals surface area contributed by atoms with Gasteiger partial charge in [-0.25, -0.2) is 0 Å². The molecule has 1 aliphatic rings. The smallest absolute Gasteiger partial charge is 0.311 e. The standard InChI is InChI=1S/C29H44N4O9S2/c1-4-5-8-12-22(36)15-16-23-24(26(19-25(23)37)42-21(3)35)13-9-6-7-10-14-27(38)41-18-11-17-30-44(39,40)29-33-32-28(43-29)31-20(2)34/h6,9,15-17,22-26,36-37H,4-5,7-8,10-14,18-19H2,1-3H3,(H,31,32,34)/b9-6-,16-15+,30-17?/t22-,23+,24+,25+,26-/m0/s1. The molecule has 44 heavy (non-hydrogen) atoms. The van der Waals surface area contributed by atoms with Gasteiger partial charge >= 0.3 is 22.0 Å². The summed E-state index contributed by atoms with van der Waals surface area (Å²) >= 11 is 0.677. The first-order chi connectivity index (χ1) is 20.9. The molecule has 0 saturated heterocycles.